The van der Waals surface area contributed by atoms with Gasteiger partial charge in [0.1, 0.15) is 12.4 Å². The fourth-order valence-corrected chi connectivity index (χ4v) is 3.72. The molecule has 0 spiro atoms. The molecule has 0 atom stereocenters. The molecule has 0 saturated heterocycles. The molecule has 1 N–H and O–H groups in total. The normalized spacial score (nSPS) is 10.5. The van der Waals surface area contributed by atoms with E-state index in [-0.39, 0.29) is 5.91 Å². The van der Waals surface area contributed by atoms with Crippen LogP contribution >= 0.6 is 11.3 Å². The van der Waals surface area contributed by atoms with Gasteiger partial charge in [0.2, 0.25) is 0 Å². The van der Waals surface area contributed by atoms with Crippen LogP contribution in [0.1, 0.15) is 21.5 Å². The Morgan fingerprint density at radius 2 is 1.86 bits per heavy atom. The molecule has 0 saturated carbocycles. The summed E-state index contributed by atoms with van der Waals surface area (Å²) in [6, 6.07) is 25.1. The van der Waals surface area contributed by atoms with Gasteiger partial charge in [-0.25, -0.2) is 0 Å². The van der Waals surface area contributed by atoms with E-state index >= 15 is 0 Å². The molecule has 5 heteroatoms. The molecule has 0 radical (unpaired) electrons. The maximum Gasteiger partial charge on any atom is 0.251 e. The van der Waals surface area contributed by atoms with Gasteiger partial charge in [-0.15, -0.1) is 11.3 Å². The van der Waals surface area contributed by atoms with Crippen LogP contribution < -0.4 is 10.1 Å². The number of amides is 1. The standard InChI is InChI=1S/C24H20N2O2S/c27-24(26-16-20-10-5-13-25-23(20)22-12-6-14-29-22)19-9-4-11-21(15-19)28-17-18-7-2-1-3-8-18/h1-15H,16-17H2,(H,26,27). The lowest BCUT2D eigenvalue weighted by molar-refractivity contribution is 0.0950. The Morgan fingerprint density at radius 3 is 2.69 bits per heavy atom. The molecular formula is C24H20N2O2S. The number of pyridine rings is 1. The summed E-state index contributed by atoms with van der Waals surface area (Å²) < 4.78 is 5.83. The van der Waals surface area contributed by atoms with E-state index in [0.717, 1.165) is 21.7 Å². The van der Waals surface area contributed by atoms with E-state index in [1.165, 1.54) is 0 Å². The van der Waals surface area contributed by atoms with Crippen molar-refractivity contribution in [1.82, 2.24) is 10.3 Å². The van der Waals surface area contributed by atoms with E-state index < -0.39 is 0 Å². The van der Waals surface area contributed by atoms with Crippen LogP contribution in [-0.4, -0.2) is 10.9 Å². The van der Waals surface area contributed by atoms with E-state index in [9.17, 15) is 4.79 Å². The Morgan fingerprint density at radius 1 is 0.966 bits per heavy atom. The molecule has 29 heavy (non-hydrogen) atoms. The van der Waals surface area contributed by atoms with Crippen molar-refractivity contribution in [2.24, 2.45) is 0 Å². The summed E-state index contributed by atoms with van der Waals surface area (Å²) in [7, 11) is 0. The second kappa shape index (κ2) is 9.17. The van der Waals surface area contributed by atoms with Gasteiger partial charge >= 0.3 is 0 Å². The molecule has 0 unspecified atom stereocenters. The molecule has 0 bridgehead atoms. The summed E-state index contributed by atoms with van der Waals surface area (Å²) in [6.45, 7) is 0.876. The predicted octanol–water partition coefficient (Wildman–Crippen LogP) is 5.32. The van der Waals surface area contributed by atoms with Crippen LogP contribution in [0.25, 0.3) is 10.6 Å². The van der Waals surface area contributed by atoms with Crippen molar-refractivity contribution in [3.8, 4) is 16.3 Å². The molecule has 1 amide bonds. The molecule has 2 aromatic carbocycles. The third kappa shape index (κ3) is 4.89. The Labute approximate surface area is 173 Å². The van der Waals surface area contributed by atoms with Crippen LogP contribution in [0.3, 0.4) is 0 Å². The molecule has 0 fully saturated rings. The maximum atomic E-state index is 12.7. The number of carbonyl (C=O) groups excluding carboxylic acids is 1. The van der Waals surface area contributed by atoms with E-state index in [1.54, 1.807) is 29.7 Å². The van der Waals surface area contributed by atoms with Gasteiger partial charge in [0, 0.05) is 18.3 Å². The molecule has 2 aromatic heterocycles. The summed E-state index contributed by atoms with van der Waals surface area (Å²) in [4.78, 5) is 18.2. The van der Waals surface area contributed by atoms with E-state index in [0.29, 0.717) is 24.5 Å². The molecule has 4 rings (SSSR count). The Balaban J connectivity index is 1.41. The molecule has 0 aliphatic rings. The average molecular weight is 401 g/mol. The number of aromatic nitrogens is 1. The monoisotopic (exact) mass is 400 g/mol. The highest BCUT2D eigenvalue weighted by Crippen LogP contribution is 2.25. The van der Waals surface area contributed by atoms with Gasteiger partial charge in [-0.05, 0) is 46.8 Å². The first-order valence-corrected chi connectivity index (χ1v) is 10.2. The molecule has 144 valence electrons. The summed E-state index contributed by atoms with van der Waals surface area (Å²) in [5.74, 6) is 0.526. The maximum absolute atomic E-state index is 12.7. The van der Waals surface area contributed by atoms with Gasteiger partial charge in [0.25, 0.3) is 5.91 Å². The zero-order chi connectivity index (χ0) is 19.9. The Hall–Kier alpha value is -3.44. The number of hydrogen-bond donors (Lipinski definition) is 1. The SMILES string of the molecule is O=C(NCc1cccnc1-c1cccs1)c1cccc(OCc2ccccc2)c1. The molecule has 4 aromatic rings. The third-order valence-electron chi connectivity index (χ3n) is 4.43. The highest BCUT2D eigenvalue weighted by molar-refractivity contribution is 7.13. The number of ether oxygens (including phenoxy) is 1. The van der Waals surface area contributed by atoms with Crippen molar-refractivity contribution in [1.29, 1.82) is 0 Å². The van der Waals surface area contributed by atoms with Crippen molar-refractivity contribution < 1.29 is 9.53 Å². The van der Waals surface area contributed by atoms with E-state index in [1.807, 2.05) is 72.1 Å². The lowest BCUT2D eigenvalue weighted by atomic mass is 10.1. The highest BCUT2D eigenvalue weighted by atomic mass is 32.1. The first-order chi connectivity index (χ1) is 14.3. The minimum atomic E-state index is -0.142. The molecule has 4 nitrogen and oxygen atoms in total. The number of nitrogens with zero attached hydrogens (tertiary/aromatic N) is 1. The van der Waals surface area contributed by atoms with Crippen molar-refractivity contribution in [2.75, 3.05) is 0 Å². The third-order valence-corrected chi connectivity index (χ3v) is 5.31. The van der Waals surface area contributed by atoms with Crippen LogP contribution in [0.2, 0.25) is 0 Å². The minimum absolute atomic E-state index is 0.142. The molecular weight excluding hydrogens is 380 g/mol. The molecule has 0 aliphatic carbocycles. The zero-order valence-electron chi connectivity index (χ0n) is 15.7. The van der Waals surface area contributed by atoms with Crippen LogP contribution in [0.5, 0.6) is 5.75 Å². The van der Waals surface area contributed by atoms with Crippen LogP contribution in [0, 0.1) is 0 Å². The van der Waals surface area contributed by atoms with Gasteiger partial charge in [0.05, 0.1) is 10.6 Å². The second-order valence-corrected chi connectivity index (χ2v) is 7.42. The minimum Gasteiger partial charge on any atom is -0.489 e. The van der Waals surface area contributed by atoms with Gasteiger partial charge in [-0.2, -0.15) is 0 Å². The number of nitrogens with one attached hydrogen (secondary N) is 1. The topological polar surface area (TPSA) is 51.2 Å². The van der Waals surface area contributed by atoms with E-state index in [4.69, 9.17) is 4.74 Å². The van der Waals surface area contributed by atoms with Crippen LogP contribution in [0.4, 0.5) is 0 Å². The molecule has 0 aliphatic heterocycles. The lowest BCUT2D eigenvalue weighted by Crippen LogP contribution is -2.23. The predicted molar refractivity (Wildman–Crippen MR) is 116 cm³/mol. The average Bonchev–Trinajstić information content (AvgIpc) is 3.32. The van der Waals surface area contributed by atoms with Crippen molar-refractivity contribution in [3.05, 3.63) is 107 Å². The zero-order valence-corrected chi connectivity index (χ0v) is 16.6. The van der Waals surface area contributed by atoms with Gasteiger partial charge in [-0.3, -0.25) is 9.78 Å². The number of benzene rings is 2. The summed E-state index contributed by atoms with van der Waals surface area (Å²) in [5, 5.41) is 5.01. The largest absolute Gasteiger partial charge is 0.489 e. The Bertz CT molecular complexity index is 1080. The van der Waals surface area contributed by atoms with Crippen LogP contribution in [0.15, 0.2) is 90.4 Å². The quantitative estimate of drug-likeness (QED) is 0.457. The number of carbonyl (C=O) groups is 1. The second-order valence-electron chi connectivity index (χ2n) is 6.47. The fraction of sp³-hybridized carbons (Fsp3) is 0.0833. The summed E-state index contributed by atoms with van der Waals surface area (Å²) >= 11 is 1.63. The number of hydrogen-bond acceptors (Lipinski definition) is 4. The smallest absolute Gasteiger partial charge is 0.251 e. The fourth-order valence-electron chi connectivity index (χ4n) is 2.96. The van der Waals surface area contributed by atoms with Gasteiger partial charge < -0.3 is 10.1 Å². The lowest BCUT2D eigenvalue weighted by Gasteiger charge is -2.10. The summed E-state index contributed by atoms with van der Waals surface area (Å²) in [5.41, 5.74) is 3.54. The van der Waals surface area contributed by atoms with Crippen LogP contribution in [-0.2, 0) is 13.2 Å². The number of rotatable bonds is 7. The first kappa shape index (κ1) is 18.9. The van der Waals surface area contributed by atoms with Crippen molar-refractivity contribution in [2.45, 2.75) is 13.2 Å². The Kier molecular flexibility index (Phi) is 5.98. The summed E-state index contributed by atoms with van der Waals surface area (Å²) in [6.07, 6.45) is 1.77. The number of thiophene rings is 1. The first-order valence-electron chi connectivity index (χ1n) is 9.32. The van der Waals surface area contributed by atoms with Crippen molar-refractivity contribution >= 4 is 17.2 Å². The van der Waals surface area contributed by atoms with E-state index in [2.05, 4.69) is 10.3 Å². The highest BCUT2D eigenvalue weighted by Gasteiger charge is 2.11. The van der Waals surface area contributed by atoms with Crippen molar-refractivity contribution in [3.63, 3.8) is 0 Å². The van der Waals surface area contributed by atoms with Gasteiger partial charge in [0.15, 0.2) is 0 Å². The van der Waals surface area contributed by atoms with Gasteiger partial charge in [-0.1, -0.05) is 48.5 Å². The molecule has 2 heterocycles.